The average molecular weight is 220 g/mol. The summed E-state index contributed by atoms with van der Waals surface area (Å²) in [5.41, 5.74) is 2.00. The second-order valence-electron chi connectivity index (χ2n) is 4.04. The Kier molecular flexibility index (Phi) is 3.10. The molecule has 0 spiro atoms. The van der Waals surface area contributed by atoms with E-state index in [1.165, 1.54) is 5.57 Å². The lowest BCUT2D eigenvalue weighted by atomic mass is 10.0. The quantitative estimate of drug-likeness (QED) is 0.757. The summed E-state index contributed by atoms with van der Waals surface area (Å²) in [5, 5.41) is 6.03. The van der Waals surface area contributed by atoms with Crippen molar-refractivity contribution in [3.05, 3.63) is 35.3 Å². The first-order valence-corrected chi connectivity index (χ1v) is 5.42. The summed E-state index contributed by atoms with van der Waals surface area (Å²) >= 11 is 0. The minimum absolute atomic E-state index is 0.0135. The third-order valence-corrected chi connectivity index (χ3v) is 2.87. The second kappa shape index (κ2) is 4.53. The van der Waals surface area contributed by atoms with Gasteiger partial charge in [-0.2, -0.15) is 0 Å². The van der Waals surface area contributed by atoms with Gasteiger partial charge in [0, 0.05) is 18.7 Å². The molecule has 2 rings (SSSR count). The molecule has 1 aromatic heterocycles. The lowest BCUT2D eigenvalue weighted by Gasteiger charge is -2.22. The van der Waals surface area contributed by atoms with Gasteiger partial charge in [-0.15, -0.1) is 0 Å². The van der Waals surface area contributed by atoms with Gasteiger partial charge in [-0.05, 0) is 31.6 Å². The topological polar surface area (TPSA) is 54.3 Å². The van der Waals surface area contributed by atoms with Crippen LogP contribution in [0.3, 0.4) is 0 Å². The predicted octanol–water partition coefficient (Wildman–Crippen LogP) is 1.38. The molecule has 0 saturated carbocycles. The molecule has 1 fully saturated rings. The monoisotopic (exact) mass is 220 g/mol. The molecular weight excluding hydrogens is 204 g/mol. The molecule has 1 aromatic rings. The Balaban J connectivity index is 1.97. The molecule has 1 aliphatic rings. The Hall–Kier alpha value is -1.55. The van der Waals surface area contributed by atoms with E-state index < -0.39 is 0 Å². The van der Waals surface area contributed by atoms with Gasteiger partial charge >= 0.3 is 0 Å². The minimum atomic E-state index is -0.0916. The third-order valence-electron chi connectivity index (χ3n) is 2.87. The fraction of sp³-hybridized carbons (Fsp3) is 0.417. The van der Waals surface area contributed by atoms with E-state index >= 15 is 0 Å². The Morgan fingerprint density at radius 3 is 2.81 bits per heavy atom. The number of furan rings is 1. The highest BCUT2D eigenvalue weighted by molar-refractivity contribution is 5.94. The molecule has 4 nitrogen and oxygen atoms in total. The van der Waals surface area contributed by atoms with Crippen LogP contribution < -0.4 is 10.6 Å². The van der Waals surface area contributed by atoms with Crippen LogP contribution in [0, 0.1) is 0 Å². The normalized spacial score (nSPS) is 16.5. The molecule has 86 valence electrons. The van der Waals surface area contributed by atoms with Crippen LogP contribution in [0.1, 0.15) is 25.6 Å². The fourth-order valence-corrected chi connectivity index (χ4v) is 1.59. The van der Waals surface area contributed by atoms with Gasteiger partial charge < -0.3 is 15.1 Å². The second-order valence-corrected chi connectivity index (χ2v) is 4.04. The summed E-state index contributed by atoms with van der Waals surface area (Å²) < 4.78 is 5.23. The molecule has 2 N–H and O–H groups in total. The van der Waals surface area contributed by atoms with Gasteiger partial charge in [0.25, 0.3) is 0 Å². The highest BCUT2D eigenvalue weighted by atomic mass is 16.3. The standard InChI is InChI=1S/C12H16N2O2/c1-8(10-6-13-7-10)12(15)14-9(2)11-4-3-5-16-11/h3-5,9,13H,6-7H2,1-2H3,(H,14,15)/t9-/m0/s1. The molecule has 1 amide bonds. The minimum Gasteiger partial charge on any atom is -0.467 e. The van der Waals surface area contributed by atoms with Gasteiger partial charge in [0.2, 0.25) is 5.91 Å². The van der Waals surface area contributed by atoms with Gasteiger partial charge in [0.05, 0.1) is 12.3 Å². The Morgan fingerprint density at radius 1 is 1.56 bits per heavy atom. The van der Waals surface area contributed by atoms with Crippen molar-refractivity contribution in [2.75, 3.05) is 13.1 Å². The van der Waals surface area contributed by atoms with E-state index in [-0.39, 0.29) is 11.9 Å². The van der Waals surface area contributed by atoms with Crippen molar-refractivity contribution in [2.24, 2.45) is 0 Å². The lowest BCUT2D eigenvalue weighted by Crippen LogP contribution is -2.38. The summed E-state index contributed by atoms with van der Waals surface area (Å²) in [5.74, 6) is 0.762. The van der Waals surface area contributed by atoms with Crippen molar-refractivity contribution in [3.63, 3.8) is 0 Å². The van der Waals surface area contributed by atoms with Crippen molar-refractivity contribution in [1.29, 1.82) is 0 Å². The molecule has 0 aliphatic carbocycles. The molecule has 1 aliphatic heterocycles. The Morgan fingerprint density at radius 2 is 2.31 bits per heavy atom. The van der Waals surface area contributed by atoms with Crippen molar-refractivity contribution in [1.82, 2.24) is 10.6 Å². The first kappa shape index (κ1) is 11.0. The molecule has 0 bridgehead atoms. The average Bonchev–Trinajstić information content (AvgIpc) is 2.67. The van der Waals surface area contributed by atoms with E-state index in [2.05, 4.69) is 10.6 Å². The van der Waals surface area contributed by atoms with Gasteiger partial charge in [-0.1, -0.05) is 0 Å². The van der Waals surface area contributed by atoms with E-state index in [1.54, 1.807) is 6.26 Å². The highest BCUT2D eigenvalue weighted by Gasteiger charge is 2.18. The first-order valence-electron chi connectivity index (χ1n) is 5.42. The van der Waals surface area contributed by atoms with Crippen LogP contribution in [-0.2, 0) is 4.79 Å². The van der Waals surface area contributed by atoms with E-state index in [9.17, 15) is 4.79 Å². The van der Waals surface area contributed by atoms with Gasteiger partial charge in [0.15, 0.2) is 0 Å². The van der Waals surface area contributed by atoms with Gasteiger partial charge in [0.1, 0.15) is 5.76 Å². The van der Waals surface area contributed by atoms with Crippen LogP contribution in [0.25, 0.3) is 0 Å². The zero-order valence-corrected chi connectivity index (χ0v) is 9.54. The molecule has 1 atom stereocenters. The summed E-state index contributed by atoms with van der Waals surface area (Å²) in [6, 6.07) is 3.59. The zero-order valence-electron chi connectivity index (χ0n) is 9.54. The summed E-state index contributed by atoms with van der Waals surface area (Å²) in [7, 11) is 0. The number of hydrogen-bond donors (Lipinski definition) is 2. The molecule has 4 heteroatoms. The zero-order chi connectivity index (χ0) is 11.5. The van der Waals surface area contributed by atoms with Crippen molar-refractivity contribution < 1.29 is 9.21 Å². The Bertz CT molecular complexity index is 401. The van der Waals surface area contributed by atoms with Crippen molar-refractivity contribution in [2.45, 2.75) is 19.9 Å². The molecule has 1 saturated heterocycles. The number of carbonyl (C=O) groups is 1. The van der Waals surface area contributed by atoms with E-state index in [4.69, 9.17) is 4.42 Å². The maximum Gasteiger partial charge on any atom is 0.247 e. The number of hydrogen-bond acceptors (Lipinski definition) is 3. The number of carbonyl (C=O) groups excluding carboxylic acids is 1. The summed E-state index contributed by atoms with van der Waals surface area (Å²) in [6.45, 7) is 5.43. The molecule has 16 heavy (non-hydrogen) atoms. The number of rotatable bonds is 3. The fourth-order valence-electron chi connectivity index (χ4n) is 1.59. The van der Waals surface area contributed by atoms with Gasteiger partial charge in [-0.25, -0.2) is 0 Å². The molecule has 0 unspecified atom stereocenters. The van der Waals surface area contributed by atoms with Crippen LogP contribution >= 0.6 is 0 Å². The molecule has 0 aromatic carbocycles. The Labute approximate surface area is 94.7 Å². The van der Waals surface area contributed by atoms with Crippen LogP contribution in [-0.4, -0.2) is 19.0 Å². The SMILES string of the molecule is CC(C(=O)N[C@@H](C)c1ccco1)=C1CNC1. The van der Waals surface area contributed by atoms with Crippen LogP contribution in [0.4, 0.5) is 0 Å². The highest BCUT2D eigenvalue weighted by Crippen LogP contribution is 2.14. The summed E-state index contributed by atoms with van der Waals surface area (Å²) in [6.07, 6.45) is 1.61. The first-order chi connectivity index (χ1) is 7.68. The van der Waals surface area contributed by atoms with Crippen LogP contribution in [0.2, 0.25) is 0 Å². The van der Waals surface area contributed by atoms with Crippen LogP contribution in [0.5, 0.6) is 0 Å². The molecule has 0 radical (unpaired) electrons. The summed E-state index contributed by atoms with van der Waals surface area (Å²) in [4.78, 5) is 11.8. The largest absolute Gasteiger partial charge is 0.467 e. The third kappa shape index (κ3) is 2.17. The lowest BCUT2D eigenvalue weighted by molar-refractivity contribution is -0.118. The van der Waals surface area contributed by atoms with Crippen molar-refractivity contribution >= 4 is 5.91 Å². The van der Waals surface area contributed by atoms with E-state index in [0.29, 0.717) is 0 Å². The number of nitrogens with one attached hydrogen (secondary N) is 2. The predicted molar refractivity (Wildman–Crippen MR) is 60.8 cm³/mol. The van der Waals surface area contributed by atoms with Gasteiger partial charge in [-0.3, -0.25) is 4.79 Å². The van der Waals surface area contributed by atoms with Crippen LogP contribution in [0.15, 0.2) is 34.0 Å². The molecular formula is C12H16N2O2. The van der Waals surface area contributed by atoms with Crippen molar-refractivity contribution in [3.8, 4) is 0 Å². The maximum absolute atomic E-state index is 11.8. The van der Waals surface area contributed by atoms with E-state index in [1.807, 2.05) is 26.0 Å². The molecule has 2 heterocycles. The number of amides is 1. The maximum atomic E-state index is 11.8. The van der Waals surface area contributed by atoms with E-state index in [0.717, 1.165) is 24.4 Å². The smallest absolute Gasteiger partial charge is 0.247 e.